The number of nitrogens with one attached hydrogen (secondary N) is 1. The zero-order valence-corrected chi connectivity index (χ0v) is 16.8. The molecule has 8 heteroatoms. The van der Waals surface area contributed by atoms with E-state index in [1.165, 1.54) is 22.5 Å². The summed E-state index contributed by atoms with van der Waals surface area (Å²) in [6.45, 7) is 5.47. The Bertz CT molecular complexity index is 847. The summed E-state index contributed by atoms with van der Waals surface area (Å²) in [6, 6.07) is 6.03. The van der Waals surface area contributed by atoms with Gasteiger partial charge in [-0.25, -0.2) is 8.42 Å². The summed E-state index contributed by atoms with van der Waals surface area (Å²) in [5, 5.41) is 2.77. The largest absolute Gasteiger partial charge is 0.349 e. The van der Waals surface area contributed by atoms with Crippen molar-refractivity contribution in [1.29, 1.82) is 0 Å². The van der Waals surface area contributed by atoms with Crippen LogP contribution in [0.2, 0.25) is 0 Å². The van der Waals surface area contributed by atoms with Crippen molar-refractivity contribution >= 4 is 21.8 Å². The molecule has 1 aromatic carbocycles. The second-order valence-electron chi connectivity index (χ2n) is 7.30. The number of nitrogens with zero attached hydrogens (tertiary/aromatic N) is 2. The van der Waals surface area contributed by atoms with Crippen LogP contribution < -0.4 is 5.32 Å². The minimum absolute atomic E-state index is 0.117. The van der Waals surface area contributed by atoms with Crippen LogP contribution in [0.25, 0.3) is 0 Å². The summed E-state index contributed by atoms with van der Waals surface area (Å²) in [6.07, 6.45) is 5.65. The summed E-state index contributed by atoms with van der Waals surface area (Å²) in [5.74, 6) is -0.426. The number of likely N-dealkylation sites (tertiary alicyclic amines) is 1. The molecular formula is C20H27N3O4S. The molecule has 0 unspecified atom stereocenters. The predicted octanol–water partition coefficient (Wildman–Crippen LogP) is 1.77. The fourth-order valence-corrected chi connectivity index (χ4v) is 5.33. The highest BCUT2D eigenvalue weighted by Crippen LogP contribution is 2.23. The van der Waals surface area contributed by atoms with Crippen molar-refractivity contribution in [2.75, 3.05) is 26.2 Å². The molecule has 28 heavy (non-hydrogen) atoms. The molecule has 0 radical (unpaired) electrons. The van der Waals surface area contributed by atoms with Crippen molar-refractivity contribution in [2.45, 2.75) is 43.0 Å². The molecule has 2 aliphatic heterocycles. The smallest absolute Gasteiger partial charge is 0.253 e. The molecule has 1 atom stereocenters. The number of carbonyl (C=O) groups excluding carboxylic acids is 2. The van der Waals surface area contributed by atoms with Gasteiger partial charge in [0.2, 0.25) is 15.9 Å². The van der Waals surface area contributed by atoms with Crippen molar-refractivity contribution in [1.82, 2.24) is 14.5 Å². The van der Waals surface area contributed by atoms with Gasteiger partial charge in [0.25, 0.3) is 5.91 Å². The van der Waals surface area contributed by atoms with Gasteiger partial charge in [0.15, 0.2) is 0 Å². The fraction of sp³-hybridized carbons (Fsp3) is 0.500. The van der Waals surface area contributed by atoms with E-state index in [1.807, 2.05) is 0 Å². The van der Waals surface area contributed by atoms with Crippen LogP contribution in [0.5, 0.6) is 0 Å². The van der Waals surface area contributed by atoms with E-state index in [9.17, 15) is 18.0 Å². The van der Waals surface area contributed by atoms with Gasteiger partial charge in [-0.05, 0) is 56.4 Å². The van der Waals surface area contributed by atoms with Crippen LogP contribution >= 0.6 is 0 Å². The Balaban J connectivity index is 1.77. The summed E-state index contributed by atoms with van der Waals surface area (Å²) < 4.78 is 27.6. The average Bonchev–Trinajstić information content (AvgIpc) is 2.74. The first-order valence-electron chi connectivity index (χ1n) is 9.74. The van der Waals surface area contributed by atoms with Crippen molar-refractivity contribution in [3.05, 3.63) is 42.5 Å². The van der Waals surface area contributed by atoms with Crippen LogP contribution in [0.4, 0.5) is 0 Å². The van der Waals surface area contributed by atoms with E-state index in [0.29, 0.717) is 31.6 Å². The van der Waals surface area contributed by atoms with E-state index in [2.05, 4.69) is 11.9 Å². The van der Waals surface area contributed by atoms with Crippen LogP contribution in [-0.4, -0.2) is 61.7 Å². The lowest BCUT2D eigenvalue weighted by Gasteiger charge is -2.32. The molecule has 0 saturated carbocycles. The Morgan fingerprint density at radius 1 is 1.11 bits per heavy atom. The highest BCUT2D eigenvalue weighted by Gasteiger charge is 2.31. The maximum Gasteiger partial charge on any atom is 0.253 e. The van der Waals surface area contributed by atoms with Gasteiger partial charge in [0.1, 0.15) is 0 Å². The van der Waals surface area contributed by atoms with E-state index < -0.39 is 10.0 Å². The Morgan fingerprint density at radius 3 is 2.57 bits per heavy atom. The lowest BCUT2D eigenvalue weighted by molar-refractivity contribution is -0.117. The van der Waals surface area contributed by atoms with Crippen LogP contribution in [0, 0.1) is 0 Å². The van der Waals surface area contributed by atoms with Gasteiger partial charge in [-0.2, -0.15) is 4.31 Å². The van der Waals surface area contributed by atoms with Crippen molar-refractivity contribution in [3.63, 3.8) is 0 Å². The number of rotatable bonds is 5. The lowest BCUT2D eigenvalue weighted by Crippen LogP contribution is -2.49. The number of hydrogen-bond donors (Lipinski definition) is 1. The van der Waals surface area contributed by atoms with Gasteiger partial charge >= 0.3 is 0 Å². The van der Waals surface area contributed by atoms with Crippen molar-refractivity contribution in [3.8, 4) is 0 Å². The van der Waals surface area contributed by atoms with Gasteiger partial charge in [0.05, 0.1) is 4.90 Å². The van der Waals surface area contributed by atoms with Crippen LogP contribution in [0.3, 0.4) is 0 Å². The second-order valence-corrected chi connectivity index (χ2v) is 9.23. The van der Waals surface area contributed by atoms with E-state index >= 15 is 0 Å². The topological polar surface area (TPSA) is 86.8 Å². The molecule has 2 saturated heterocycles. The fourth-order valence-electron chi connectivity index (χ4n) is 3.76. The van der Waals surface area contributed by atoms with Crippen LogP contribution in [0.15, 0.2) is 41.8 Å². The normalized spacial score (nSPS) is 21.1. The molecule has 1 aromatic rings. The first-order chi connectivity index (χ1) is 13.4. The minimum Gasteiger partial charge on any atom is -0.349 e. The maximum atomic E-state index is 13.1. The number of amides is 2. The standard InChI is InChI=1S/C20H27N3O4S/c1-2-19(24)21-17-9-7-13-23(15-17)28(26,27)18-10-6-8-16(14-18)20(25)22-11-4-3-5-12-22/h2,6,8,10,14,17H,1,3-5,7,9,11-13,15H2,(H,21,24)/t17-/m0/s1. The molecule has 0 bridgehead atoms. The molecule has 7 nitrogen and oxygen atoms in total. The lowest BCUT2D eigenvalue weighted by atomic mass is 10.1. The number of benzene rings is 1. The van der Waals surface area contributed by atoms with Crippen LogP contribution in [-0.2, 0) is 14.8 Å². The van der Waals surface area contributed by atoms with E-state index in [0.717, 1.165) is 25.7 Å². The predicted molar refractivity (Wildman–Crippen MR) is 106 cm³/mol. The Morgan fingerprint density at radius 2 is 1.86 bits per heavy atom. The summed E-state index contributed by atoms with van der Waals surface area (Å²) in [5.41, 5.74) is 0.400. The van der Waals surface area contributed by atoms with Gasteiger partial charge in [-0.1, -0.05) is 12.6 Å². The number of piperidine rings is 2. The van der Waals surface area contributed by atoms with Gasteiger partial charge in [0, 0.05) is 37.8 Å². The number of sulfonamides is 1. The number of carbonyl (C=O) groups is 2. The molecule has 2 amide bonds. The van der Waals surface area contributed by atoms with Crippen molar-refractivity contribution < 1.29 is 18.0 Å². The van der Waals surface area contributed by atoms with Crippen molar-refractivity contribution in [2.24, 2.45) is 0 Å². The molecule has 3 rings (SSSR count). The Kier molecular flexibility index (Phi) is 6.51. The van der Waals surface area contributed by atoms with E-state index in [-0.39, 0.29) is 29.3 Å². The minimum atomic E-state index is -3.74. The molecule has 152 valence electrons. The third-order valence-electron chi connectivity index (χ3n) is 5.28. The van der Waals surface area contributed by atoms with E-state index in [4.69, 9.17) is 0 Å². The average molecular weight is 406 g/mol. The summed E-state index contributed by atoms with van der Waals surface area (Å²) in [7, 11) is -3.74. The first-order valence-corrected chi connectivity index (χ1v) is 11.2. The maximum absolute atomic E-state index is 13.1. The third-order valence-corrected chi connectivity index (χ3v) is 7.14. The Hall–Kier alpha value is -2.19. The molecule has 0 aliphatic carbocycles. The van der Waals surface area contributed by atoms with Gasteiger partial charge in [-0.15, -0.1) is 0 Å². The first kappa shape index (κ1) is 20.5. The quantitative estimate of drug-likeness (QED) is 0.757. The number of hydrogen-bond acceptors (Lipinski definition) is 4. The summed E-state index contributed by atoms with van der Waals surface area (Å²) in [4.78, 5) is 26.2. The zero-order chi connectivity index (χ0) is 20.1. The second kappa shape index (κ2) is 8.87. The molecular weight excluding hydrogens is 378 g/mol. The van der Waals surface area contributed by atoms with E-state index in [1.54, 1.807) is 17.0 Å². The molecule has 2 aliphatic rings. The molecule has 0 spiro atoms. The third kappa shape index (κ3) is 4.62. The monoisotopic (exact) mass is 405 g/mol. The molecule has 1 N–H and O–H groups in total. The highest BCUT2D eigenvalue weighted by molar-refractivity contribution is 7.89. The Labute approximate surface area is 166 Å². The molecule has 0 aromatic heterocycles. The van der Waals surface area contributed by atoms with Crippen LogP contribution in [0.1, 0.15) is 42.5 Å². The SMILES string of the molecule is C=CC(=O)N[C@H]1CCCN(S(=O)(=O)c2cccc(C(=O)N3CCCCC3)c2)C1. The zero-order valence-electron chi connectivity index (χ0n) is 16.0. The van der Waals surface area contributed by atoms with Gasteiger partial charge in [-0.3, -0.25) is 9.59 Å². The van der Waals surface area contributed by atoms with Gasteiger partial charge < -0.3 is 10.2 Å². The summed E-state index contributed by atoms with van der Waals surface area (Å²) >= 11 is 0. The molecule has 2 fully saturated rings. The highest BCUT2D eigenvalue weighted by atomic mass is 32.2. The molecule has 2 heterocycles.